The molecule has 1 aliphatic rings. The van der Waals surface area contributed by atoms with Crippen molar-refractivity contribution in [3.63, 3.8) is 0 Å². The highest BCUT2D eigenvalue weighted by Gasteiger charge is 2.20. The fourth-order valence-electron chi connectivity index (χ4n) is 2.02. The average Bonchev–Trinajstić information content (AvgIpc) is 2.33. The van der Waals surface area contributed by atoms with Gasteiger partial charge in [0.05, 0.1) is 10.2 Å². The van der Waals surface area contributed by atoms with E-state index in [0.29, 0.717) is 15.7 Å². The second kappa shape index (κ2) is 5.50. The molecule has 2 rings (SSSR count). The predicted molar refractivity (Wildman–Crippen MR) is 79.7 cm³/mol. The minimum atomic E-state index is -0.287. The molecule has 0 atom stereocenters. The van der Waals surface area contributed by atoms with Crippen LogP contribution in [0.1, 0.15) is 5.56 Å². The van der Waals surface area contributed by atoms with Crippen LogP contribution in [-0.2, 0) is 0 Å². The van der Waals surface area contributed by atoms with Crippen LogP contribution in [0.3, 0.4) is 0 Å². The molecule has 1 heterocycles. The van der Waals surface area contributed by atoms with E-state index in [0.717, 1.165) is 26.2 Å². The van der Waals surface area contributed by atoms with Crippen molar-refractivity contribution in [2.45, 2.75) is 0 Å². The van der Waals surface area contributed by atoms with Gasteiger partial charge in [-0.15, -0.1) is 0 Å². The lowest BCUT2D eigenvalue weighted by Crippen LogP contribution is -2.44. The number of anilines is 1. The van der Waals surface area contributed by atoms with Gasteiger partial charge in [-0.3, -0.25) is 0 Å². The van der Waals surface area contributed by atoms with Crippen molar-refractivity contribution in [3.05, 3.63) is 28.0 Å². The van der Waals surface area contributed by atoms with Gasteiger partial charge in [-0.2, -0.15) is 0 Å². The molecule has 2 N–H and O–H groups in total. The van der Waals surface area contributed by atoms with Gasteiger partial charge in [0.1, 0.15) is 4.99 Å². The number of benzene rings is 1. The van der Waals surface area contributed by atoms with Crippen LogP contribution in [0.2, 0.25) is 0 Å². The Labute approximate surface area is 120 Å². The largest absolute Gasteiger partial charge is 0.389 e. The van der Waals surface area contributed by atoms with Crippen molar-refractivity contribution < 1.29 is 4.39 Å². The maximum absolute atomic E-state index is 14.3. The molecule has 0 aliphatic carbocycles. The van der Waals surface area contributed by atoms with Crippen LogP contribution >= 0.6 is 28.1 Å². The van der Waals surface area contributed by atoms with E-state index in [4.69, 9.17) is 18.0 Å². The molecule has 18 heavy (non-hydrogen) atoms. The summed E-state index contributed by atoms with van der Waals surface area (Å²) in [5, 5.41) is 0. The monoisotopic (exact) mass is 331 g/mol. The van der Waals surface area contributed by atoms with Gasteiger partial charge in [0.25, 0.3) is 0 Å². The van der Waals surface area contributed by atoms with Gasteiger partial charge in [0, 0.05) is 31.7 Å². The number of nitrogens with zero attached hydrogens (tertiary/aromatic N) is 2. The molecule has 1 saturated heterocycles. The van der Waals surface area contributed by atoms with E-state index in [1.807, 2.05) is 4.90 Å². The lowest BCUT2D eigenvalue weighted by molar-refractivity contribution is 0.311. The minimum absolute atomic E-state index is 0.200. The number of piperazine rings is 1. The summed E-state index contributed by atoms with van der Waals surface area (Å²) in [4.78, 5) is 4.47. The second-order valence-electron chi connectivity index (χ2n) is 4.41. The van der Waals surface area contributed by atoms with Gasteiger partial charge < -0.3 is 15.5 Å². The van der Waals surface area contributed by atoms with Gasteiger partial charge in [-0.25, -0.2) is 4.39 Å². The van der Waals surface area contributed by atoms with E-state index in [1.165, 1.54) is 0 Å². The number of rotatable bonds is 2. The smallest absolute Gasteiger partial charge is 0.161 e. The number of hydrogen-bond acceptors (Lipinski definition) is 3. The highest BCUT2D eigenvalue weighted by atomic mass is 79.9. The lowest BCUT2D eigenvalue weighted by Gasteiger charge is -2.34. The molecule has 0 spiro atoms. The van der Waals surface area contributed by atoms with Crippen molar-refractivity contribution >= 4 is 38.8 Å². The fourth-order valence-corrected chi connectivity index (χ4v) is 2.87. The summed E-state index contributed by atoms with van der Waals surface area (Å²) in [5.74, 6) is -0.287. The van der Waals surface area contributed by atoms with Crippen molar-refractivity contribution in [2.75, 3.05) is 38.1 Å². The summed E-state index contributed by atoms with van der Waals surface area (Å²) in [5.41, 5.74) is 6.69. The Morgan fingerprint density at radius 3 is 2.50 bits per heavy atom. The summed E-state index contributed by atoms with van der Waals surface area (Å²) in [6.45, 7) is 3.53. The fraction of sp³-hybridized carbons (Fsp3) is 0.417. The van der Waals surface area contributed by atoms with E-state index in [1.54, 1.807) is 12.1 Å². The standard InChI is InChI=1S/C12H15BrFN3S/c1-16-4-6-17(7-5-16)9-3-2-8(12(15)18)10(13)11(9)14/h2-3H,4-7H2,1H3,(H2,15,18). The molecule has 1 fully saturated rings. The zero-order valence-electron chi connectivity index (χ0n) is 10.1. The van der Waals surface area contributed by atoms with Crippen LogP contribution in [-0.4, -0.2) is 43.1 Å². The maximum atomic E-state index is 14.3. The Balaban J connectivity index is 2.30. The van der Waals surface area contributed by atoms with E-state index in [9.17, 15) is 4.39 Å². The highest BCUT2D eigenvalue weighted by molar-refractivity contribution is 9.10. The second-order valence-corrected chi connectivity index (χ2v) is 5.65. The van der Waals surface area contributed by atoms with E-state index >= 15 is 0 Å². The van der Waals surface area contributed by atoms with Crippen LogP contribution in [0.25, 0.3) is 0 Å². The predicted octanol–water partition coefficient (Wildman–Crippen LogP) is 1.97. The number of nitrogens with two attached hydrogens (primary N) is 1. The van der Waals surface area contributed by atoms with Crippen molar-refractivity contribution in [1.82, 2.24) is 4.90 Å². The minimum Gasteiger partial charge on any atom is -0.389 e. The number of likely N-dealkylation sites (N-methyl/N-ethyl adjacent to an activating group) is 1. The third-order valence-corrected chi connectivity index (χ3v) is 4.17. The quantitative estimate of drug-likeness (QED) is 0.840. The molecular formula is C12H15BrFN3S. The van der Waals surface area contributed by atoms with E-state index < -0.39 is 0 Å². The Kier molecular flexibility index (Phi) is 4.19. The van der Waals surface area contributed by atoms with Crippen molar-refractivity contribution in [1.29, 1.82) is 0 Å². The Bertz CT molecular complexity index is 473. The first-order valence-corrected chi connectivity index (χ1v) is 6.92. The molecule has 0 bridgehead atoms. The summed E-state index contributed by atoms with van der Waals surface area (Å²) in [6.07, 6.45) is 0. The maximum Gasteiger partial charge on any atom is 0.161 e. The van der Waals surface area contributed by atoms with Gasteiger partial charge >= 0.3 is 0 Å². The third-order valence-electron chi connectivity index (χ3n) is 3.17. The zero-order chi connectivity index (χ0) is 13.3. The summed E-state index contributed by atoms with van der Waals surface area (Å²) in [6, 6.07) is 3.52. The summed E-state index contributed by atoms with van der Waals surface area (Å²) >= 11 is 8.12. The Morgan fingerprint density at radius 2 is 1.94 bits per heavy atom. The first kappa shape index (κ1) is 13.7. The molecule has 98 valence electrons. The first-order chi connectivity index (χ1) is 8.50. The van der Waals surface area contributed by atoms with E-state index in [2.05, 4.69) is 27.9 Å². The number of thiocarbonyl (C=S) groups is 1. The lowest BCUT2D eigenvalue weighted by atomic mass is 10.1. The molecule has 0 unspecified atom stereocenters. The number of halogens is 2. The molecule has 6 heteroatoms. The van der Waals surface area contributed by atoms with Crippen molar-refractivity contribution in [3.8, 4) is 0 Å². The SMILES string of the molecule is CN1CCN(c2ccc(C(N)=S)c(Br)c2F)CC1. The van der Waals surface area contributed by atoms with Crippen LogP contribution < -0.4 is 10.6 Å². The Hall–Kier alpha value is -0.720. The summed E-state index contributed by atoms with van der Waals surface area (Å²) < 4.78 is 14.6. The molecule has 1 aromatic rings. The molecule has 1 aromatic carbocycles. The number of hydrogen-bond donors (Lipinski definition) is 1. The molecule has 0 aromatic heterocycles. The molecule has 1 aliphatic heterocycles. The summed E-state index contributed by atoms with van der Waals surface area (Å²) in [7, 11) is 2.07. The molecule has 3 nitrogen and oxygen atoms in total. The van der Waals surface area contributed by atoms with E-state index in [-0.39, 0.29) is 10.8 Å². The average molecular weight is 332 g/mol. The topological polar surface area (TPSA) is 32.5 Å². The zero-order valence-corrected chi connectivity index (χ0v) is 12.5. The highest BCUT2D eigenvalue weighted by Crippen LogP contribution is 2.30. The Morgan fingerprint density at radius 1 is 1.33 bits per heavy atom. The first-order valence-electron chi connectivity index (χ1n) is 5.72. The molecule has 0 amide bonds. The van der Waals surface area contributed by atoms with Gasteiger partial charge in [-0.05, 0) is 35.1 Å². The van der Waals surface area contributed by atoms with Gasteiger partial charge in [0.15, 0.2) is 5.82 Å². The molecular weight excluding hydrogens is 317 g/mol. The van der Waals surface area contributed by atoms with Crippen LogP contribution in [0.5, 0.6) is 0 Å². The molecule has 0 saturated carbocycles. The van der Waals surface area contributed by atoms with Gasteiger partial charge in [-0.1, -0.05) is 12.2 Å². The van der Waals surface area contributed by atoms with Crippen molar-refractivity contribution in [2.24, 2.45) is 5.73 Å². The molecule has 0 radical (unpaired) electrons. The van der Waals surface area contributed by atoms with Crippen LogP contribution in [0, 0.1) is 5.82 Å². The third kappa shape index (κ3) is 2.65. The van der Waals surface area contributed by atoms with Crippen LogP contribution in [0.15, 0.2) is 16.6 Å². The van der Waals surface area contributed by atoms with Crippen LogP contribution in [0.4, 0.5) is 10.1 Å². The van der Waals surface area contributed by atoms with Gasteiger partial charge in [0.2, 0.25) is 0 Å². The normalized spacial score (nSPS) is 16.9.